The Balaban J connectivity index is 2.32. The SMILES string of the molecule is Nc1ccn([C@@H]2OC(CO)[C@H](O)[C@@H]2O)c(=O)n1. The van der Waals surface area contributed by atoms with Gasteiger partial charge in [0.15, 0.2) is 6.23 Å². The fourth-order valence-electron chi connectivity index (χ4n) is 1.73. The molecule has 0 aromatic carbocycles. The number of nitrogens with zero attached hydrogens (tertiary/aromatic N) is 2. The average Bonchev–Trinajstić information content (AvgIpc) is 2.57. The quantitative estimate of drug-likeness (QED) is 0.449. The van der Waals surface area contributed by atoms with E-state index in [1.165, 1.54) is 12.3 Å². The lowest BCUT2D eigenvalue weighted by atomic mass is 10.1. The maximum atomic E-state index is 11.5. The molecule has 0 saturated carbocycles. The monoisotopic (exact) mass is 243 g/mol. The zero-order chi connectivity index (χ0) is 12.6. The van der Waals surface area contributed by atoms with Crippen LogP contribution in [0.4, 0.5) is 5.82 Å². The van der Waals surface area contributed by atoms with Crippen molar-refractivity contribution in [2.75, 3.05) is 12.3 Å². The van der Waals surface area contributed by atoms with Crippen molar-refractivity contribution in [1.82, 2.24) is 9.55 Å². The predicted octanol–water partition coefficient (Wildman–Crippen LogP) is -2.56. The van der Waals surface area contributed by atoms with E-state index in [1.807, 2.05) is 0 Å². The molecule has 8 nitrogen and oxygen atoms in total. The van der Waals surface area contributed by atoms with Crippen LogP contribution in [0, 0.1) is 0 Å². The second-order valence-corrected chi connectivity index (χ2v) is 3.77. The first-order valence-corrected chi connectivity index (χ1v) is 5.01. The van der Waals surface area contributed by atoms with Gasteiger partial charge in [0.25, 0.3) is 0 Å². The summed E-state index contributed by atoms with van der Waals surface area (Å²) in [5.41, 5.74) is 4.63. The van der Waals surface area contributed by atoms with Crippen LogP contribution in [0.2, 0.25) is 0 Å². The van der Waals surface area contributed by atoms with E-state index in [1.54, 1.807) is 0 Å². The lowest BCUT2D eigenvalue weighted by Gasteiger charge is -2.16. The Morgan fingerprint density at radius 1 is 1.47 bits per heavy atom. The summed E-state index contributed by atoms with van der Waals surface area (Å²) >= 11 is 0. The summed E-state index contributed by atoms with van der Waals surface area (Å²) < 4.78 is 6.19. The van der Waals surface area contributed by atoms with Crippen LogP contribution in [-0.2, 0) is 4.74 Å². The predicted molar refractivity (Wildman–Crippen MR) is 55.9 cm³/mol. The van der Waals surface area contributed by atoms with E-state index in [9.17, 15) is 15.0 Å². The van der Waals surface area contributed by atoms with Gasteiger partial charge in [0, 0.05) is 6.20 Å². The molecule has 0 amide bonds. The molecule has 17 heavy (non-hydrogen) atoms. The molecule has 94 valence electrons. The summed E-state index contributed by atoms with van der Waals surface area (Å²) in [5.74, 6) is 0.0537. The highest BCUT2D eigenvalue weighted by Gasteiger charge is 2.43. The van der Waals surface area contributed by atoms with Gasteiger partial charge in [-0.1, -0.05) is 0 Å². The topological polar surface area (TPSA) is 131 Å². The Morgan fingerprint density at radius 2 is 2.18 bits per heavy atom. The molecule has 0 bridgehead atoms. The molecule has 4 atom stereocenters. The van der Waals surface area contributed by atoms with Crippen LogP contribution in [-0.4, -0.2) is 49.8 Å². The minimum Gasteiger partial charge on any atom is -0.394 e. The van der Waals surface area contributed by atoms with Gasteiger partial charge < -0.3 is 25.8 Å². The maximum absolute atomic E-state index is 11.5. The van der Waals surface area contributed by atoms with E-state index in [2.05, 4.69) is 4.98 Å². The first kappa shape index (κ1) is 12.0. The molecular formula is C9H13N3O5. The smallest absolute Gasteiger partial charge is 0.351 e. The number of aliphatic hydroxyl groups is 3. The van der Waals surface area contributed by atoms with Crippen molar-refractivity contribution in [3.05, 3.63) is 22.7 Å². The molecule has 1 unspecified atom stereocenters. The molecule has 0 radical (unpaired) electrons. The van der Waals surface area contributed by atoms with Crippen LogP contribution in [0.3, 0.4) is 0 Å². The Bertz CT molecular complexity index is 462. The molecule has 0 spiro atoms. The van der Waals surface area contributed by atoms with E-state index < -0.39 is 36.8 Å². The molecule has 1 saturated heterocycles. The van der Waals surface area contributed by atoms with Crippen LogP contribution >= 0.6 is 0 Å². The largest absolute Gasteiger partial charge is 0.394 e. The van der Waals surface area contributed by atoms with E-state index in [0.717, 1.165) is 4.57 Å². The molecule has 1 aromatic heterocycles. The first-order valence-electron chi connectivity index (χ1n) is 5.01. The number of rotatable bonds is 2. The van der Waals surface area contributed by atoms with E-state index >= 15 is 0 Å². The number of nitrogen functional groups attached to an aromatic ring is 1. The Kier molecular flexibility index (Phi) is 3.11. The lowest BCUT2D eigenvalue weighted by Crippen LogP contribution is -2.36. The molecule has 8 heteroatoms. The maximum Gasteiger partial charge on any atom is 0.351 e. The third-order valence-corrected chi connectivity index (χ3v) is 2.64. The van der Waals surface area contributed by atoms with Crippen molar-refractivity contribution in [2.24, 2.45) is 0 Å². The highest BCUT2D eigenvalue weighted by atomic mass is 16.6. The number of hydrogen-bond donors (Lipinski definition) is 4. The second kappa shape index (κ2) is 4.41. The van der Waals surface area contributed by atoms with E-state index in [4.69, 9.17) is 15.6 Å². The molecule has 5 N–H and O–H groups in total. The summed E-state index contributed by atoms with van der Waals surface area (Å²) in [6.45, 7) is -0.453. The van der Waals surface area contributed by atoms with Crippen molar-refractivity contribution < 1.29 is 20.1 Å². The van der Waals surface area contributed by atoms with Gasteiger partial charge in [0.05, 0.1) is 6.61 Å². The van der Waals surface area contributed by atoms with Gasteiger partial charge in [0.1, 0.15) is 24.1 Å². The normalized spacial score (nSPS) is 32.9. The van der Waals surface area contributed by atoms with Crippen LogP contribution in [0.15, 0.2) is 17.1 Å². The minimum absolute atomic E-state index is 0.0537. The lowest BCUT2D eigenvalue weighted by molar-refractivity contribution is -0.0549. The molecule has 2 heterocycles. The number of aromatic nitrogens is 2. The number of ether oxygens (including phenoxy) is 1. The Hall–Kier alpha value is -1.48. The van der Waals surface area contributed by atoms with Gasteiger partial charge >= 0.3 is 5.69 Å². The number of hydrogen-bond acceptors (Lipinski definition) is 7. The molecule has 1 aliphatic rings. The highest BCUT2D eigenvalue weighted by molar-refractivity contribution is 5.23. The standard InChI is InChI=1S/C9H13N3O5/c10-5-1-2-12(9(16)11-5)8-7(15)6(14)4(3-13)17-8/h1-2,4,6-8,13-15H,3H2,(H2,10,11,16)/t4?,6-,7-,8+/m0/s1. The fraction of sp³-hybridized carbons (Fsp3) is 0.556. The van der Waals surface area contributed by atoms with Crippen LogP contribution in [0.5, 0.6) is 0 Å². The zero-order valence-corrected chi connectivity index (χ0v) is 8.80. The van der Waals surface area contributed by atoms with Crippen molar-refractivity contribution in [3.63, 3.8) is 0 Å². The molecule has 1 aromatic rings. The van der Waals surface area contributed by atoms with Gasteiger partial charge in [-0.3, -0.25) is 4.57 Å². The van der Waals surface area contributed by atoms with Crippen molar-refractivity contribution in [3.8, 4) is 0 Å². The summed E-state index contributed by atoms with van der Waals surface area (Å²) in [5, 5.41) is 28.2. The zero-order valence-electron chi connectivity index (χ0n) is 8.80. The summed E-state index contributed by atoms with van der Waals surface area (Å²) in [6, 6.07) is 1.37. The highest BCUT2D eigenvalue weighted by Crippen LogP contribution is 2.27. The summed E-state index contributed by atoms with van der Waals surface area (Å²) in [6.07, 6.45) is -3.27. The van der Waals surface area contributed by atoms with Crippen LogP contribution in [0.1, 0.15) is 6.23 Å². The van der Waals surface area contributed by atoms with E-state index in [0.29, 0.717) is 0 Å². The number of aliphatic hydroxyl groups excluding tert-OH is 3. The Labute approximate surface area is 95.9 Å². The van der Waals surface area contributed by atoms with Crippen molar-refractivity contribution in [1.29, 1.82) is 0 Å². The van der Waals surface area contributed by atoms with Crippen LogP contribution in [0.25, 0.3) is 0 Å². The van der Waals surface area contributed by atoms with Gasteiger partial charge in [-0.15, -0.1) is 0 Å². The molecule has 2 rings (SSSR count). The summed E-state index contributed by atoms with van der Waals surface area (Å²) in [7, 11) is 0. The van der Waals surface area contributed by atoms with Gasteiger partial charge in [-0.25, -0.2) is 4.79 Å². The summed E-state index contributed by atoms with van der Waals surface area (Å²) in [4.78, 5) is 15.0. The second-order valence-electron chi connectivity index (χ2n) is 3.77. The number of nitrogens with two attached hydrogens (primary N) is 1. The van der Waals surface area contributed by atoms with Crippen LogP contribution < -0.4 is 11.4 Å². The average molecular weight is 243 g/mol. The first-order chi connectivity index (χ1) is 8.04. The van der Waals surface area contributed by atoms with Crippen molar-refractivity contribution >= 4 is 5.82 Å². The van der Waals surface area contributed by atoms with Crippen molar-refractivity contribution in [2.45, 2.75) is 24.5 Å². The molecular weight excluding hydrogens is 230 g/mol. The molecule has 1 aliphatic heterocycles. The third kappa shape index (κ3) is 2.03. The fourth-order valence-corrected chi connectivity index (χ4v) is 1.73. The Morgan fingerprint density at radius 3 is 2.71 bits per heavy atom. The molecule has 1 fully saturated rings. The third-order valence-electron chi connectivity index (χ3n) is 2.64. The van der Waals surface area contributed by atoms with E-state index in [-0.39, 0.29) is 5.82 Å². The van der Waals surface area contributed by atoms with Gasteiger partial charge in [-0.2, -0.15) is 4.98 Å². The van der Waals surface area contributed by atoms with Gasteiger partial charge in [0.2, 0.25) is 0 Å². The number of anilines is 1. The minimum atomic E-state index is -1.31. The van der Waals surface area contributed by atoms with Gasteiger partial charge in [-0.05, 0) is 6.07 Å². The molecule has 0 aliphatic carbocycles.